The summed E-state index contributed by atoms with van der Waals surface area (Å²) >= 11 is 1.97. The fourth-order valence-electron chi connectivity index (χ4n) is 1.20. The van der Waals surface area contributed by atoms with Crippen LogP contribution in [0.15, 0.2) is 0 Å². The topological polar surface area (TPSA) is 35.8 Å². The van der Waals surface area contributed by atoms with Gasteiger partial charge in [0.05, 0.1) is 6.07 Å². The predicted molar refractivity (Wildman–Crippen MR) is 53.2 cm³/mol. The molecule has 1 fully saturated rings. The van der Waals surface area contributed by atoms with E-state index in [0.717, 1.165) is 19.5 Å². The second kappa shape index (κ2) is 4.74. The first kappa shape index (κ1) is 9.88. The maximum absolute atomic E-state index is 8.30. The molecule has 0 aromatic rings. The molecule has 68 valence electrons. The summed E-state index contributed by atoms with van der Waals surface area (Å²) in [5.41, 5.74) is 0. The second-order valence-electron chi connectivity index (χ2n) is 3.33. The van der Waals surface area contributed by atoms with Gasteiger partial charge in [0.2, 0.25) is 0 Å². The van der Waals surface area contributed by atoms with Gasteiger partial charge in [0.25, 0.3) is 0 Å². The average molecular weight is 184 g/mol. The number of hydrogen-bond donors (Lipinski definition) is 1. The molecule has 0 amide bonds. The lowest BCUT2D eigenvalue weighted by Gasteiger charge is -2.11. The summed E-state index contributed by atoms with van der Waals surface area (Å²) in [4.78, 5) is 0. The summed E-state index contributed by atoms with van der Waals surface area (Å²) in [6.45, 7) is 2.12. The molecule has 1 rings (SSSR count). The molecule has 1 aliphatic rings. The van der Waals surface area contributed by atoms with E-state index in [0.29, 0.717) is 11.2 Å². The lowest BCUT2D eigenvalue weighted by Crippen LogP contribution is -2.26. The van der Waals surface area contributed by atoms with Crippen LogP contribution in [0.25, 0.3) is 0 Å². The molecule has 3 heteroatoms. The van der Waals surface area contributed by atoms with Gasteiger partial charge in [0.1, 0.15) is 0 Å². The molecule has 0 aliphatic heterocycles. The quantitative estimate of drug-likeness (QED) is 0.639. The third-order valence-corrected chi connectivity index (χ3v) is 3.75. The molecule has 0 heterocycles. The fourth-order valence-corrected chi connectivity index (χ4v) is 1.96. The molecule has 0 bridgehead atoms. The highest BCUT2D eigenvalue weighted by molar-refractivity contribution is 8.00. The molecule has 0 radical (unpaired) electrons. The second-order valence-corrected chi connectivity index (χ2v) is 4.60. The smallest absolute Gasteiger partial charge is 0.0622 e. The molecule has 0 unspecified atom stereocenters. The van der Waals surface area contributed by atoms with E-state index in [9.17, 15) is 0 Å². The summed E-state index contributed by atoms with van der Waals surface area (Å²) < 4.78 is 0.562. The first-order chi connectivity index (χ1) is 5.83. The zero-order valence-corrected chi connectivity index (χ0v) is 8.41. The van der Waals surface area contributed by atoms with Crippen LogP contribution in [0.5, 0.6) is 0 Å². The van der Waals surface area contributed by atoms with E-state index in [1.165, 1.54) is 12.8 Å². The maximum atomic E-state index is 8.30. The molecule has 1 aliphatic carbocycles. The summed E-state index contributed by atoms with van der Waals surface area (Å²) in [5.74, 6) is 0. The van der Waals surface area contributed by atoms with E-state index in [-0.39, 0.29) is 0 Å². The fraction of sp³-hybridized carbons (Fsp3) is 0.889. The van der Waals surface area contributed by atoms with E-state index >= 15 is 0 Å². The largest absolute Gasteiger partial charge is 0.315 e. The SMILES string of the molecule is CSC1(CNCCCC#N)CC1. The van der Waals surface area contributed by atoms with Crippen LogP contribution in [0.2, 0.25) is 0 Å². The van der Waals surface area contributed by atoms with E-state index in [2.05, 4.69) is 17.6 Å². The highest BCUT2D eigenvalue weighted by atomic mass is 32.2. The van der Waals surface area contributed by atoms with Crippen LogP contribution < -0.4 is 5.32 Å². The summed E-state index contributed by atoms with van der Waals surface area (Å²) in [6.07, 6.45) is 6.57. The number of rotatable bonds is 6. The molecule has 1 N–H and O–H groups in total. The van der Waals surface area contributed by atoms with Crippen LogP contribution in [0.4, 0.5) is 0 Å². The number of thioether (sulfide) groups is 1. The third kappa shape index (κ3) is 3.04. The highest BCUT2D eigenvalue weighted by Gasteiger charge is 2.41. The number of nitriles is 1. The summed E-state index contributed by atoms with van der Waals surface area (Å²) in [5, 5.41) is 11.7. The summed E-state index contributed by atoms with van der Waals surface area (Å²) in [7, 11) is 0. The van der Waals surface area contributed by atoms with Crippen molar-refractivity contribution in [3.63, 3.8) is 0 Å². The Hall–Kier alpha value is -0.200. The van der Waals surface area contributed by atoms with Gasteiger partial charge in [-0.2, -0.15) is 17.0 Å². The Kier molecular flexibility index (Phi) is 3.90. The Labute approximate surface area is 78.7 Å². The standard InChI is InChI=1S/C9H16N2S/c1-12-9(4-5-9)8-11-7-3-2-6-10/h11H,2-5,7-8H2,1H3. The van der Waals surface area contributed by atoms with Crippen molar-refractivity contribution in [1.29, 1.82) is 5.26 Å². The average Bonchev–Trinajstić information content (AvgIpc) is 2.85. The molecule has 12 heavy (non-hydrogen) atoms. The molecular weight excluding hydrogens is 168 g/mol. The Balaban J connectivity index is 1.93. The van der Waals surface area contributed by atoms with Crippen molar-refractivity contribution in [1.82, 2.24) is 5.32 Å². The number of hydrogen-bond acceptors (Lipinski definition) is 3. The zero-order chi connectivity index (χ0) is 8.86. The van der Waals surface area contributed by atoms with Gasteiger partial charge in [-0.25, -0.2) is 0 Å². The van der Waals surface area contributed by atoms with Crippen molar-refractivity contribution >= 4 is 11.8 Å². The molecule has 2 nitrogen and oxygen atoms in total. The highest BCUT2D eigenvalue weighted by Crippen LogP contribution is 2.46. The Morgan fingerprint density at radius 3 is 2.83 bits per heavy atom. The molecule has 0 saturated heterocycles. The maximum Gasteiger partial charge on any atom is 0.0622 e. The van der Waals surface area contributed by atoms with Crippen molar-refractivity contribution in [2.45, 2.75) is 30.4 Å². The van der Waals surface area contributed by atoms with Crippen LogP contribution in [0.1, 0.15) is 25.7 Å². The van der Waals surface area contributed by atoms with Gasteiger partial charge in [0.15, 0.2) is 0 Å². The van der Waals surface area contributed by atoms with Crippen LogP contribution >= 0.6 is 11.8 Å². The van der Waals surface area contributed by atoms with Gasteiger partial charge >= 0.3 is 0 Å². The minimum Gasteiger partial charge on any atom is -0.315 e. The minimum atomic E-state index is 0.562. The Bertz CT molecular complexity index is 170. The molecular formula is C9H16N2S. The minimum absolute atomic E-state index is 0.562. The first-order valence-electron chi connectivity index (χ1n) is 4.46. The molecule has 1 saturated carbocycles. The normalized spacial score (nSPS) is 18.7. The number of nitrogens with zero attached hydrogens (tertiary/aromatic N) is 1. The van der Waals surface area contributed by atoms with Crippen molar-refractivity contribution in [2.75, 3.05) is 19.3 Å². The van der Waals surface area contributed by atoms with Crippen molar-refractivity contribution in [3.05, 3.63) is 0 Å². The lowest BCUT2D eigenvalue weighted by molar-refractivity contribution is 0.637. The van der Waals surface area contributed by atoms with E-state index in [1.54, 1.807) is 0 Å². The molecule has 0 spiro atoms. The molecule has 0 aromatic heterocycles. The third-order valence-electron chi connectivity index (χ3n) is 2.33. The van der Waals surface area contributed by atoms with Crippen molar-refractivity contribution in [2.24, 2.45) is 0 Å². The summed E-state index contributed by atoms with van der Waals surface area (Å²) in [6, 6.07) is 2.15. The lowest BCUT2D eigenvalue weighted by atomic mass is 10.3. The monoisotopic (exact) mass is 184 g/mol. The van der Waals surface area contributed by atoms with Crippen molar-refractivity contribution in [3.8, 4) is 6.07 Å². The number of unbranched alkanes of at least 4 members (excludes halogenated alkanes) is 1. The van der Waals surface area contributed by atoms with Gasteiger partial charge < -0.3 is 5.32 Å². The molecule has 0 aromatic carbocycles. The predicted octanol–water partition coefficient (Wildman–Crippen LogP) is 1.78. The first-order valence-corrected chi connectivity index (χ1v) is 5.68. The van der Waals surface area contributed by atoms with Gasteiger partial charge in [-0.3, -0.25) is 0 Å². The van der Waals surface area contributed by atoms with Gasteiger partial charge in [-0.1, -0.05) is 0 Å². The van der Waals surface area contributed by atoms with Crippen LogP contribution in [-0.2, 0) is 0 Å². The number of nitrogens with one attached hydrogen (secondary N) is 1. The molecule has 0 atom stereocenters. The van der Waals surface area contributed by atoms with Gasteiger partial charge in [0, 0.05) is 17.7 Å². The van der Waals surface area contributed by atoms with Crippen LogP contribution in [-0.4, -0.2) is 24.1 Å². The van der Waals surface area contributed by atoms with Crippen LogP contribution in [0, 0.1) is 11.3 Å². The van der Waals surface area contributed by atoms with E-state index < -0.39 is 0 Å². The van der Waals surface area contributed by atoms with E-state index in [4.69, 9.17) is 5.26 Å². The van der Waals surface area contributed by atoms with Crippen molar-refractivity contribution < 1.29 is 0 Å². The van der Waals surface area contributed by atoms with Gasteiger partial charge in [-0.05, 0) is 32.1 Å². The zero-order valence-electron chi connectivity index (χ0n) is 7.60. The van der Waals surface area contributed by atoms with E-state index in [1.807, 2.05) is 11.8 Å². The van der Waals surface area contributed by atoms with Gasteiger partial charge in [-0.15, -0.1) is 0 Å². The van der Waals surface area contributed by atoms with Crippen LogP contribution in [0.3, 0.4) is 0 Å². The Morgan fingerprint density at radius 1 is 1.58 bits per heavy atom. The Morgan fingerprint density at radius 2 is 2.33 bits per heavy atom.